The number of carbonyl (C=O) groups excluding carboxylic acids is 1. The number of aromatic nitrogens is 1. The zero-order chi connectivity index (χ0) is 17.6. The first kappa shape index (κ1) is 16.2. The monoisotopic (exact) mass is 388 g/mol. The van der Waals surface area contributed by atoms with Crippen molar-refractivity contribution < 1.29 is 9.18 Å². The van der Waals surface area contributed by atoms with E-state index in [9.17, 15) is 9.18 Å². The van der Waals surface area contributed by atoms with E-state index in [0.717, 1.165) is 25.5 Å². The number of nitrogens with zero attached hydrogens (tertiary/aromatic N) is 1. The molecule has 0 radical (unpaired) electrons. The maximum absolute atomic E-state index is 14.0. The minimum absolute atomic E-state index is 0.112. The molecule has 0 spiro atoms. The van der Waals surface area contributed by atoms with Crippen LogP contribution < -0.4 is 5.73 Å². The molecule has 0 aliphatic rings. The number of primary amides is 1. The van der Waals surface area contributed by atoms with E-state index in [1.807, 2.05) is 24.3 Å². The van der Waals surface area contributed by atoms with Gasteiger partial charge in [0, 0.05) is 15.3 Å². The molecule has 4 rings (SSSR count). The molecule has 0 saturated heterocycles. The Bertz CT molecular complexity index is 1120. The molecular formula is C18H10ClFN2OS2. The number of halogens is 2. The predicted molar refractivity (Wildman–Crippen MR) is 102 cm³/mol. The number of thiophene rings is 1. The van der Waals surface area contributed by atoms with Crippen LogP contribution in [-0.4, -0.2) is 10.9 Å². The lowest BCUT2D eigenvalue weighted by molar-refractivity contribution is 0.0996. The molecule has 1 amide bonds. The van der Waals surface area contributed by atoms with Gasteiger partial charge >= 0.3 is 0 Å². The van der Waals surface area contributed by atoms with E-state index in [1.54, 1.807) is 22.9 Å². The molecule has 0 unspecified atom stereocenters. The van der Waals surface area contributed by atoms with Crippen molar-refractivity contribution in [1.82, 2.24) is 4.98 Å². The molecule has 2 N–H and O–H groups in total. The van der Waals surface area contributed by atoms with Crippen LogP contribution in [0, 0.1) is 5.82 Å². The summed E-state index contributed by atoms with van der Waals surface area (Å²) in [4.78, 5) is 17.3. The second kappa shape index (κ2) is 6.22. The van der Waals surface area contributed by atoms with Gasteiger partial charge in [0.25, 0.3) is 5.91 Å². The molecule has 124 valence electrons. The number of rotatable bonds is 3. The Morgan fingerprint density at radius 2 is 1.92 bits per heavy atom. The molecular weight excluding hydrogens is 379 g/mol. The van der Waals surface area contributed by atoms with Crippen LogP contribution >= 0.6 is 34.3 Å². The van der Waals surface area contributed by atoms with Crippen LogP contribution in [0.5, 0.6) is 0 Å². The normalized spacial score (nSPS) is 11.1. The molecule has 25 heavy (non-hydrogen) atoms. The molecule has 2 heterocycles. The van der Waals surface area contributed by atoms with Crippen LogP contribution in [0.15, 0.2) is 48.0 Å². The number of nitrogens with two attached hydrogens (primary N) is 1. The third-order valence-corrected chi connectivity index (χ3v) is 6.08. The summed E-state index contributed by atoms with van der Waals surface area (Å²) in [6.07, 6.45) is 0. The molecule has 3 nitrogen and oxygen atoms in total. The van der Waals surface area contributed by atoms with Crippen LogP contribution in [0.4, 0.5) is 4.39 Å². The average molecular weight is 389 g/mol. The van der Waals surface area contributed by atoms with Gasteiger partial charge in [-0.15, -0.1) is 22.7 Å². The summed E-state index contributed by atoms with van der Waals surface area (Å²) in [5.74, 6) is -1.40. The fourth-order valence-electron chi connectivity index (χ4n) is 2.57. The maximum Gasteiger partial charge on any atom is 0.251 e. The molecule has 0 fully saturated rings. The zero-order valence-corrected chi connectivity index (χ0v) is 15.0. The van der Waals surface area contributed by atoms with Crippen LogP contribution in [-0.2, 0) is 0 Å². The largest absolute Gasteiger partial charge is 0.366 e. The Hall–Kier alpha value is -2.28. The Morgan fingerprint density at radius 3 is 2.68 bits per heavy atom. The third-order valence-electron chi connectivity index (χ3n) is 3.81. The van der Waals surface area contributed by atoms with Gasteiger partial charge in [0.2, 0.25) is 0 Å². The fraction of sp³-hybridized carbons (Fsp3) is 0. The molecule has 0 atom stereocenters. The third kappa shape index (κ3) is 2.93. The van der Waals surface area contributed by atoms with Crippen molar-refractivity contribution in [3.63, 3.8) is 0 Å². The number of hydrogen-bond acceptors (Lipinski definition) is 4. The highest BCUT2D eigenvalue weighted by atomic mass is 35.5. The number of fused-ring (bicyclic) bond motifs is 1. The smallest absolute Gasteiger partial charge is 0.251 e. The lowest BCUT2D eigenvalue weighted by Crippen LogP contribution is -2.12. The van der Waals surface area contributed by atoms with E-state index in [4.69, 9.17) is 17.3 Å². The maximum atomic E-state index is 14.0. The molecule has 2 aromatic heterocycles. The summed E-state index contributed by atoms with van der Waals surface area (Å²) in [6, 6.07) is 12.1. The highest BCUT2D eigenvalue weighted by Gasteiger charge is 2.13. The SMILES string of the molecule is NC(=O)c1ccc(-c2ccc(-c3cc4scnc4cc3Cl)s2)cc1F. The van der Waals surface area contributed by atoms with E-state index >= 15 is 0 Å². The first-order valence-corrected chi connectivity index (χ1v) is 9.33. The summed E-state index contributed by atoms with van der Waals surface area (Å²) in [7, 11) is 0. The quantitative estimate of drug-likeness (QED) is 0.497. The first-order chi connectivity index (χ1) is 12.0. The van der Waals surface area contributed by atoms with Gasteiger partial charge in [-0.25, -0.2) is 9.37 Å². The van der Waals surface area contributed by atoms with Crippen molar-refractivity contribution in [3.05, 3.63) is 64.4 Å². The van der Waals surface area contributed by atoms with Crippen LogP contribution in [0.1, 0.15) is 10.4 Å². The second-order valence-corrected chi connectivity index (χ2v) is 7.75. The summed E-state index contributed by atoms with van der Waals surface area (Å²) in [5, 5.41) is 0.627. The number of hydrogen-bond donors (Lipinski definition) is 1. The molecule has 7 heteroatoms. The number of thiazole rings is 1. The molecule has 4 aromatic rings. The van der Waals surface area contributed by atoms with E-state index in [2.05, 4.69) is 4.98 Å². The summed E-state index contributed by atoms with van der Waals surface area (Å²) in [5.41, 5.74) is 9.30. The number of amides is 1. The zero-order valence-electron chi connectivity index (χ0n) is 12.6. The summed E-state index contributed by atoms with van der Waals surface area (Å²) < 4.78 is 15.1. The molecule has 2 aromatic carbocycles. The lowest BCUT2D eigenvalue weighted by atomic mass is 10.1. The van der Waals surface area contributed by atoms with Crippen molar-refractivity contribution in [3.8, 4) is 20.9 Å². The van der Waals surface area contributed by atoms with Crippen molar-refractivity contribution >= 4 is 50.4 Å². The molecule has 0 bridgehead atoms. The number of benzene rings is 2. The molecule has 0 saturated carbocycles. The lowest BCUT2D eigenvalue weighted by Gasteiger charge is -2.03. The van der Waals surface area contributed by atoms with Crippen LogP contribution in [0.25, 0.3) is 31.1 Å². The van der Waals surface area contributed by atoms with Crippen molar-refractivity contribution in [1.29, 1.82) is 0 Å². The van der Waals surface area contributed by atoms with E-state index < -0.39 is 11.7 Å². The van der Waals surface area contributed by atoms with Gasteiger partial charge in [0.05, 0.1) is 26.3 Å². The van der Waals surface area contributed by atoms with E-state index in [0.29, 0.717) is 10.6 Å². The average Bonchev–Trinajstić information content (AvgIpc) is 3.22. The minimum Gasteiger partial charge on any atom is -0.366 e. The molecule has 0 aliphatic heterocycles. The van der Waals surface area contributed by atoms with Gasteiger partial charge in [-0.05, 0) is 42.0 Å². The van der Waals surface area contributed by atoms with Gasteiger partial charge in [-0.3, -0.25) is 4.79 Å². The predicted octanol–water partition coefficient (Wildman–Crippen LogP) is 5.58. The number of carbonyl (C=O) groups is 1. The van der Waals surface area contributed by atoms with Gasteiger partial charge < -0.3 is 5.73 Å². The Kier molecular flexibility index (Phi) is 4.03. The van der Waals surface area contributed by atoms with Crippen molar-refractivity contribution in [2.45, 2.75) is 0 Å². The first-order valence-electron chi connectivity index (χ1n) is 7.25. The van der Waals surface area contributed by atoms with Gasteiger partial charge in [-0.1, -0.05) is 17.7 Å². The van der Waals surface area contributed by atoms with Crippen molar-refractivity contribution in [2.75, 3.05) is 0 Å². The standard InChI is InChI=1S/C18H10ClFN2OS2/c19-12-7-14-17(24-8-22-14)6-11(12)16-4-3-15(25-16)9-1-2-10(18(21)23)13(20)5-9/h1-8H,(H2,21,23). The summed E-state index contributed by atoms with van der Waals surface area (Å²) >= 11 is 9.45. The van der Waals surface area contributed by atoms with Crippen molar-refractivity contribution in [2.24, 2.45) is 5.73 Å². The highest BCUT2D eigenvalue weighted by Crippen LogP contribution is 2.40. The van der Waals surface area contributed by atoms with Crippen LogP contribution in [0.3, 0.4) is 0 Å². The van der Waals surface area contributed by atoms with Gasteiger partial charge in [0.1, 0.15) is 5.82 Å². The van der Waals surface area contributed by atoms with Gasteiger partial charge in [0.15, 0.2) is 0 Å². The van der Waals surface area contributed by atoms with E-state index in [-0.39, 0.29) is 5.56 Å². The van der Waals surface area contributed by atoms with Gasteiger partial charge in [-0.2, -0.15) is 0 Å². The second-order valence-electron chi connectivity index (χ2n) is 5.37. The topological polar surface area (TPSA) is 56.0 Å². The van der Waals surface area contributed by atoms with Crippen LogP contribution in [0.2, 0.25) is 5.02 Å². The Labute approximate surface area is 155 Å². The van der Waals surface area contributed by atoms with E-state index in [1.165, 1.54) is 23.5 Å². The Morgan fingerprint density at radius 1 is 1.12 bits per heavy atom. The Balaban J connectivity index is 1.75. The minimum atomic E-state index is -0.777. The molecule has 0 aliphatic carbocycles. The highest BCUT2D eigenvalue weighted by molar-refractivity contribution is 7.19. The summed E-state index contributed by atoms with van der Waals surface area (Å²) in [6.45, 7) is 0. The fourth-order valence-corrected chi connectivity index (χ4v) is 4.62.